The molecule has 0 heterocycles. The Bertz CT molecular complexity index is 361. The van der Waals surface area contributed by atoms with Gasteiger partial charge < -0.3 is 15.3 Å². The predicted octanol–water partition coefficient (Wildman–Crippen LogP) is 1.11. The third kappa shape index (κ3) is 6.54. The number of nitrogens with zero attached hydrogens (tertiary/aromatic N) is 1. The Hall–Kier alpha value is -1.59. The standard InChI is InChI=1S/C14H26N2O4/c1-6-16(9-10(2)12(18)19)11(17)7-8-15-13(20)14(3,4)5/h10H,6-9H2,1-5H3,(H,15,20)(H,18,19). The molecule has 0 aromatic rings. The summed E-state index contributed by atoms with van der Waals surface area (Å²) >= 11 is 0. The average molecular weight is 286 g/mol. The molecule has 0 aromatic heterocycles. The third-order valence-electron chi connectivity index (χ3n) is 2.96. The summed E-state index contributed by atoms with van der Waals surface area (Å²) in [6.07, 6.45) is 0.183. The van der Waals surface area contributed by atoms with Gasteiger partial charge in [-0.3, -0.25) is 14.4 Å². The van der Waals surface area contributed by atoms with Crippen molar-refractivity contribution in [2.24, 2.45) is 11.3 Å². The van der Waals surface area contributed by atoms with Crippen LogP contribution in [0.1, 0.15) is 41.0 Å². The van der Waals surface area contributed by atoms with E-state index in [1.807, 2.05) is 0 Å². The fraction of sp³-hybridized carbons (Fsp3) is 0.786. The van der Waals surface area contributed by atoms with E-state index in [-0.39, 0.29) is 31.3 Å². The molecule has 0 spiro atoms. The van der Waals surface area contributed by atoms with Gasteiger partial charge in [-0.2, -0.15) is 0 Å². The zero-order valence-corrected chi connectivity index (χ0v) is 13.0. The summed E-state index contributed by atoms with van der Waals surface area (Å²) in [6, 6.07) is 0. The highest BCUT2D eigenvalue weighted by Gasteiger charge is 2.22. The van der Waals surface area contributed by atoms with Gasteiger partial charge in [0.15, 0.2) is 0 Å². The Morgan fingerprint density at radius 1 is 1.25 bits per heavy atom. The van der Waals surface area contributed by atoms with Gasteiger partial charge in [-0.25, -0.2) is 0 Å². The smallest absolute Gasteiger partial charge is 0.308 e. The summed E-state index contributed by atoms with van der Waals surface area (Å²) < 4.78 is 0. The summed E-state index contributed by atoms with van der Waals surface area (Å²) in [4.78, 5) is 35.9. The van der Waals surface area contributed by atoms with Crippen LogP contribution < -0.4 is 5.32 Å². The maximum absolute atomic E-state index is 11.9. The Kier molecular flexibility index (Phi) is 7.24. The molecule has 0 saturated heterocycles. The number of amides is 2. The normalized spacial score (nSPS) is 12.7. The van der Waals surface area contributed by atoms with Crippen molar-refractivity contribution in [1.29, 1.82) is 0 Å². The number of hydrogen-bond donors (Lipinski definition) is 2. The van der Waals surface area contributed by atoms with Crippen molar-refractivity contribution < 1.29 is 19.5 Å². The molecule has 20 heavy (non-hydrogen) atoms. The van der Waals surface area contributed by atoms with E-state index in [4.69, 9.17) is 5.11 Å². The highest BCUT2D eigenvalue weighted by atomic mass is 16.4. The maximum atomic E-state index is 11.9. The lowest BCUT2D eigenvalue weighted by Gasteiger charge is -2.23. The van der Waals surface area contributed by atoms with E-state index in [1.165, 1.54) is 4.90 Å². The molecule has 116 valence electrons. The zero-order chi connectivity index (χ0) is 15.9. The van der Waals surface area contributed by atoms with Crippen LogP contribution in [0, 0.1) is 11.3 Å². The van der Waals surface area contributed by atoms with Crippen molar-refractivity contribution in [2.45, 2.75) is 41.0 Å². The van der Waals surface area contributed by atoms with E-state index in [1.54, 1.807) is 34.6 Å². The summed E-state index contributed by atoms with van der Waals surface area (Å²) in [7, 11) is 0. The van der Waals surface area contributed by atoms with Crippen LogP contribution in [0.4, 0.5) is 0 Å². The Balaban J connectivity index is 4.24. The fourth-order valence-corrected chi connectivity index (χ4v) is 1.52. The lowest BCUT2D eigenvalue weighted by atomic mass is 9.96. The van der Waals surface area contributed by atoms with Crippen LogP contribution in [0.5, 0.6) is 0 Å². The minimum atomic E-state index is -0.919. The van der Waals surface area contributed by atoms with Crippen molar-refractivity contribution in [3.05, 3.63) is 0 Å². The van der Waals surface area contributed by atoms with Crippen molar-refractivity contribution >= 4 is 17.8 Å². The quantitative estimate of drug-likeness (QED) is 0.734. The van der Waals surface area contributed by atoms with E-state index in [9.17, 15) is 14.4 Å². The second kappa shape index (κ2) is 7.87. The van der Waals surface area contributed by atoms with Gasteiger partial charge in [0, 0.05) is 31.5 Å². The van der Waals surface area contributed by atoms with Gasteiger partial charge in [-0.15, -0.1) is 0 Å². The first-order chi connectivity index (χ1) is 9.09. The van der Waals surface area contributed by atoms with Crippen LogP contribution in [0.3, 0.4) is 0 Å². The lowest BCUT2D eigenvalue weighted by Crippen LogP contribution is -2.40. The number of nitrogens with one attached hydrogen (secondary N) is 1. The molecule has 0 aliphatic heterocycles. The monoisotopic (exact) mass is 286 g/mol. The molecule has 0 bridgehead atoms. The Labute approximate surface area is 120 Å². The Morgan fingerprint density at radius 2 is 1.80 bits per heavy atom. The highest BCUT2D eigenvalue weighted by molar-refractivity contribution is 5.82. The molecule has 0 radical (unpaired) electrons. The number of carboxylic acids is 1. The fourth-order valence-electron chi connectivity index (χ4n) is 1.52. The van der Waals surface area contributed by atoms with Gasteiger partial charge in [0.2, 0.25) is 11.8 Å². The summed E-state index contributed by atoms with van der Waals surface area (Å²) in [5, 5.41) is 11.6. The van der Waals surface area contributed by atoms with Gasteiger partial charge in [-0.05, 0) is 6.92 Å². The first-order valence-electron chi connectivity index (χ1n) is 6.88. The van der Waals surface area contributed by atoms with Crippen LogP contribution in [0.2, 0.25) is 0 Å². The third-order valence-corrected chi connectivity index (χ3v) is 2.96. The topological polar surface area (TPSA) is 86.7 Å². The molecule has 2 N–H and O–H groups in total. The number of carboxylic acid groups (broad SMARTS) is 1. The van der Waals surface area contributed by atoms with Gasteiger partial charge in [0.25, 0.3) is 0 Å². The molecule has 0 aliphatic carbocycles. The molecule has 0 aliphatic rings. The molecule has 1 unspecified atom stereocenters. The summed E-state index contributed by atoms with van der Waals surface area (Å²) in [5.41, 5.74) is -0.481. The number of hydrogen-bond acceptors (Lipinski definition) is 3. The first-order valence-corrected chi connectivity index (χ1v) is 6.88. The summed E-state index contributed by atoms with van der Waals surface area (Å²) in [5.74, 6) is -1.76. The molecule has 0 rings (SSSR count). The number of carbonyl (C=O) groups excluding carboxylic acids is 2. The molecule has 2 amide bonds. The van der Waals surface area contributed by atoms with E-state index < -0.39 is 17.3 Å². The van der Waals surface area contributed by atoms with Crippen LogP contribution in [-0.2, 0) is 14.4 Å². The summed E-state index contributed by atoms with van der Waals surface area (Å²) in [6.45, 7) is 9.71. The first kappa shape index (κ1) is 18.4. The van der Waals surface area contributed by atoms with Crippen LogP contribution in [0.15, 0.2) is 0 Å². The number of aliphatic carboxylic acids is 1. The van der Waals surface area contributed by atoms with Gasteiger partial charge in [0.1, 0.15) is 0 Å². The lowest BCUT2D eigenvalue weighted by molar-refractivity contribution is -0.143. The van der Waals surface area contributed by atoms with E-state index in [0.29, 0.717) is 6.54 Å². The van der Waals surface area contributed by atoms with Crippen LogP contribution in [0.25, 0.3) is 0 Å². The Morgan fingerprint density at radius 3 is 2.20 bits per heavy atom. The van der Waals surface area contributed by atoms with Crippen molar-refractivity contribution in [3.8, 4) is 0 Å². The molecule has 6 heteroatoms. The van der Waals surface area contributed by atoms with Crippen molar-refractivity contribution in [2.75, 3.05) is 19.6 Å². The largest absolute Gasteiger partial charge is 0.481 e. The second-order valence-electron chi connectivity index (χ2n) is 5.93. The molecule has 0 saturated carbocycles. The predicted molar refractivity (Wildman–Crippen MR) is 76.1 cm³/mol. The average Bonchev–Trinajstić information content (AvgIpc) is 2.33. The van der Waals surface area contributed by atoms with Gasteiger partial charge >= 0.3 is 5.97 Å². The van der Waals surface area contributed by atoms with Crippen LogP contribution >= 0.6 is 0 Å². The second-order valence-corrected chi connectivity index (χ2v) is 5.93. The molecule has 0 fully saturated rings. The minimum Gasteiger partial charge on any atom is -0.481 e. The molecule has 0 aromatic carbocycles. The van der Waals surface area contributed by atoms with E-state index in [0.717, 1.165) is 0 Å². The number of carbonyl (C=O) groups is 3. The van der Waals surface area contributed by atoms with Gasteiger partial charge in [0.05, 0.1) is 5.92 Å². The molecule has 6 nitrogen and oxygen atoms in total. The molecular formula is C14H26N2O4. The highest BCUT2D eigenvalue weighted by Crippen LogP contribution is 2.12. The maximum Gasteiger partial charge on any atom is 0.308 e. The van der Waals surface area contributed by atoms with Gasteiger partial charge in [-0.1, -0.05) is 27.7 Å². The molecular weight excluding hydrogens is 260 g/mol. The van der Waals surface area contributed by atoms with Crippen molar-refractivity contribution in [3.63, 3.8) is 0 Å². The molecule has 1 atom stereocenters. The van der Waals surface area contributed by atoms with Crippen LogP contribution in [-0.4, -0.2) is 47.4 Å². The van der Waals surface area contributed by atoms with E-state index >= 15 is 0 Å². The SMILES string of the molecule is CCN(CC(C)C(=O)O)C(=O)CCNC(=O)C(C)(C)C. The van der Waals surface area contributed by atoms with E-state index in [2.05, 4.69) is 5.32 Å². The van der Waals surface area contributed by atoms with Crippen molar-refractivity contribution in [1.82, 2.24) is 10.2 Å². The minimum absolute atomic E-state index is 0.104. The number of rotatable bonds is 7. The zero-order valence-electron chi connectivity index (χ0n) is 13.0.